The molecule has 0 N–H and O–H groups in total. The van der Waals surface area contributed by atoms with Crippen molar-refractivity contribution < 1.29 is 0 Å². The van der Waals surface area contributed by atoms with Crippen LogP contribution in [-0.4, -0.2) is 28.3 Å². The van der Waals surface area contributed by atoms with Crippen LogP contribution in [0.4, 0.5) is 0 Å². The minimum atomic E-state index is -0.909. The van der Waals surface area contributed by atoms with Crippen molar-refractivity contribution in [1.82, 2.24) is 0 Å². The predicted octanol–water partition coefficient (Wildman–Crippen LogP) is 8.29. The largest absolute Gasteiger partial charge is 0.0720 e. The van der Waals surface area contributed by atoms with E-state index < -0.39 is 6.95 Å². The van der Waals surface area contributed by atoms with Crippen LogP contribution in [0.5, 0.6) is 0 Å². The van der Waals surface area contributed by atoms with Gasteiger partial charge in [-0.3, -0.25) is 0 Å². The second-order valence-electron chi connectivity index (χ2n) is 10.3. The monoisotopic (exact) mass is 357 g/mol. The molecule has 0 atom stereocenters. The SMILES string of the molecule is CC(C)(C)P(C(C)(C)C)[P+](C)(C1CCCCC1)C1CCCCC1. The summed E-state index contributed by atoms with van der Waals surface area (Å²) in [5.74, 6) is 0. The molecule has 0 unspecified atom stereocenters. The number of rotatable bonds is 3. The van der Waals surface area contributed by atoms with Crippen molar-refractivity contribution in [2.45, 2.75) is 127 Å². The van der Waals surface area contributed by atoms with Crippen molar-refractivity contribution in [3.8, 4) is 0 Å². The molecule has 0 nitrogen and oxygen atoms in total. The second-order valence-corrected chi connectivity index (χ2v) is 21.1. The maximum Gasteiger partial charge on any atom is 0.0720 e. The first-order valence-corrected chi connectivity index (χ1v) is 14.7. The van der Waals surface area contributed by atoms with Crippen molar-refractivity contribution in [1.29, 1.82) is 0 Å². The first-order valence-electron chi connectivity index (χ1n) is 10.2. The van der Waals surface area contributed by atoms with E-state index in [9.17, 15) is 0 Å². The van der Waals surface area contributed by atoms with Gasteiger partial charge in [0.05, 0.1) is 25.6 Å². The molecule has 0 spiro atoms. The summed E-state index contributed by atoms with van der Waals surface area (Å²) in [6, 6.07) is 0. The molecule has 2 heteroatoms. The second kappa shape index (κ2) is 7.62. The zero-order valence-corrected chi connectivity index (χ0v) is 18.9. The van der Waals surface area contributed by atoms with E-state index in [-0.39, 0.29) is 7.61 Å². The Kier molecular flexibility index (Phi) is 6.69. The van der Waals surface area contributed by atoms with Gasteiger partial charge in [-0.2, -0.15) is 0 Å². The molecule has 2 rings (SSSR count). The van der Waals surface area contributed by atoms with Gasteiger partial charge in [-0.15, -0.1) is 0 Å². The first kappa shape index (κ1) is 20.2. The van der Waals surface area contributed by atoms with Crippen molar-refractivity contribution >= 4 is 14.6 Å². The van der Waals surface area contributed by atoms with E-state index in [0.29, 0.717) is 10.3 Å². The zero-order valence-electron chi connectivity index (χ0n) is 17.1. The van der Waals surface area contributed by atoms with Crippen molar-refractivity contribution in [2.24, 2.45) is 0 Å². The molecular formula is C21H43P2+. The van der Waals surface area contributed by atoms with E-state index in [1.165, 1.54) is 38.5 Å². The molecule has 0 bridgehead atoms. The van der Waals surface area contributed by atoms with Gasteiger partial charge in [-0.1, -0.05) is 54.4 Å². The topological polar surface area (TPSA) is 0 Å². The van der Waals surface area contributed by atoms with Gasteiger partial charge in [0.15, 0.2) is 0 Å². The summed E-state index contributed by atoms with van der Waals surface area (Å²) in [5, 5.41) is 1.01. The zero-order chi connectivity index (χ0) is 17.3. The molecule has 0 aromatic heterocycles. The molecular weight excluding hydrogens is 314 g/mol. The summed E-state index contributed by atoms with van der Waals surface area (Å²) in [7, 11) is 0.0772. The molecule has 2 aliphatic carbocycles. The minimum Gasteiger partial charge on any atom is -0.0530 e. The van der Waals surface area contributed by atoms with Gasteiger partial charge in [-0.05, 0) is 51.4 Å². The molecule has 0 radical (unpaired) electrons. The van der Waals surface area contributed by atoms with Crippen LogP contribution in [0, 0.1) is 0 Å². The van der Waals surface area contributed by atoms with E-state index in [0.717, 1.165) is 11.3 Å². The van der Waals surface area contributed by atoms with Crippen molar-refractivity contribution in [2.75, 3.05) is 6.66 Å². The average molecular weight is 358 g/mol. The molecule has 0 aromatic carbocycles. The van der Waals surface area contributed by atoms with Gasteiger partial charge in [0, 0.05) is 17.3 Å². The fourth-order valence-corrected chi connectivity index (χ4v) is 25.9. The summed E-state index contributed by atoms with van der Waals surface area (Å²) in [5.41, 5.74) is 2.20. The third kappa shape index (κ3) is 4.53. The van der Waals surface area contributed by atoms with Gasteiger partial charge in [-0.25, -0.2) is 0 Å². The molecule has 23 heavy (non-hydrogen) atoms. The van der Waals surface area contributed by atoms with Crippen molar-refractivity contribution in [3.63, 3.8) is 0 Å². The summed E-state index contributed by atoms with van der Waals surface area (Å²) < 4.78 is 0. The Morgan fingerprint density at radius 2 is 0.913 bits per heavy atom. The highest BCUT2D eigenvalue weighted by atomic mass is 32.1. The molecule has 2 saturated carbocycles. The van der Waals surface area contributed by atoms with Crippen LogP contribution in [-0.2, 0) is 0 Å². The summed E-state index contributed by atoms with van der Waals surface area (Å²) in [6.07, 6.45) is 15.3. The van der Waals surface area contributed by atoms with Gasteiger partial charge in [0.1, 0.15) is 0 Å². The van der Waals surface area contributed by atoms with E-state index in [1.54, 1.807) is 25.7 Å². The highest BCUT2D eigenvalue weighted by molar-refractivity contribution is 8.40. The summed E-state index contributed by atoms with van der Waals surface area (Å²) in [4.78, 5) is 0. The Morgan fingerprint density at radius 3 is 1.17 bits per heavy atom. The number of hydrogen-bond donors (Lipinski definition) is 0. The maximum atomic E-state index is 2.88. The normalized spacial score (nSPS) is 23.5. The van der Waals surface area contributed by atoms with Crippen LogP contribution < -0.4 is 0 Å². The molecule has 2 aliphatic rings. The summed E-state index contributed by atoms with van der Waals surface area (Å²) in [6.45, 7) is 17.4. The lowest BCUT2D eigenvalue weighted by Crippen LogP contribution is -2.35. The molecule has 2 fully saturated rings. The highest BCUT2D eigenvalue weighted by Gasteiger charge is 2.61. The molecule has 0 amide bonds. The van der Waals surface area contributed by atoms with Gasteiger partial charge >= 0.3 is 0 Å². The Bertz CT molecular complexity index is 330. The Balaban J connectivity index is 2.44. The predicted molar refractivity (Wildman–Crippen MR) is 113 cm³/mol. The Hall–Kier alpha value is 0.860. The van der Waals surface area contributed by atoms with Crippen LogP contribution in [0.25, 0.3) is 0 Å². The van der Waals surface area contributed by atoms with E-state index in [1.807, 2.05) is 0 Å². The highest BCUT2D eigenvalue weighted by Crippen LogP contribution is 2.95. The van der Waals surface area contributed by atoms with Gasteiger partial charge in [0.25, 0.3) is 0 Å². The van der Waals surface area contributed by atoms with Crippen LogP contribution >= 0.6 is 14.6 Å². The van der Waals surface area contributed by atoms with Crippen LogP contribution in [0.2, 0.25) is 0 Å². The Morgan fingerprint density at radius 1 is 0.609 bits per heavy atom. The lowest BCUT2D eigenvalue weighted by atomic mass is 9.99. The quantitative estimate of drug-likeness (QED) is 0.446. The lowest BCUT2D eigenvalue weighted by molar-refractivity contribution is 0.483. The van der Waals surface area contributed by atoms with Gasteiger partial charge in [0.2, 0.25) is 0 Å². The fraction of sp³-hybridized carbons (Fsp3) is 1.00. The molecule has 0 aliphatic heterocycles. The molecule has 0 heterocycles. The minimum absolute atomic E-state index is 0.0772. The molecule has 0 aromatic rings. The lowest BCUT2D eigenvalue weighted by Gasteiger charge is -2.53. The van der Waals surface area contributed by atoms with E-state index in [4.69, 9.17) is 0 Å². The van der Waals surface area contributed by atoms with Crippen LogP contribution in [0.3, 0.4) is 0 Å². The van der Waals surface area contributed by atoms with Crippen molar-refractivity contribution in [3.05, 3.63) is 0 Å². The van der Waals surface area contributed by atoms with Crippen LogP contribution in [0.15, 0.2) is 0 Å². The number of hydrogen-bond acceptors (Lipinski definition) is 0. The summed E-state index contributed by atoms with van der Waals surface area (Å²) >= 11 is 0. The third-order valence-corrected chi connectivity index (χ3v) is 21.9. The maximum absolute atomic E-state index is 2.88. The van der Waals surface area contributed by atoms with Gasteiger partial charge < -0.3 is 0 Å². The van der Waals surface area contributed by atoms with E-state index >= 15 is 0 Å². The Labute approximate surface area is 149 Å². The average Bonchev–Trinajstić information content (AvgIpc) is 2.46. The fourth-order valence-electron chi connectivity index (χ4n) is 6.13. The van der Waals surface area contributed by atoms with Crippen LogP contribution in [0.1, 0.15) is 106 Å². The standard InChI is InChI=1S/C21H43P2/c1-20(2,3)22(21(4,5)6)23(7,18-14-10-8-11-15-18)19-16-12-9-13-17-19/h18-19H,8-17H2,1-7H3/q+1. The smallest absolute Gasteiger partial charge is 0.0530 e. The van der Waals surface area contributed by atoms with E-state index in [2.05, 4.69) is 48.2 Å². The first-order chi connectivity index (χ1) is 10.6. The third-order valence-electron chi connectivity index (χ3n) is 6.33. The molecule has 0 saturated heterocycles. The molecule has 136 valence electrons.